The molecule has 3 aromatic rings. The Bertz CT molecular complexity index is 904. The molecule has 7 nitrogen and oxygen atoms in total. The summed E-state index contributed by atoms with van der Waals surface area (Å²) in [7, 11) is 1.54. The minimum absolute atomic E-state index is 0.0870. The molecule has 0 atom stereocenters. The van der Waals surface area contributed by atoms with E-state index in [1.807, 2.05) is 12.1 Å². The lowest BCUT2D eigenvalue weighted by Gasteiger charge is -2.06. The minimum Gasteiger partial charge on any atom is -0.497 e. The fourth-order valence-electron chi connectivity index (χ4n) is 2.06. The molecular formula is C14H10N4O3. The van der Waals surface area contributed by atoms with Crippen LogP contribution in [0.3, 0.4) is 0 Å². The van der Waals surface area contributed by atoms with E-state index >= 15 is 0 Å². The SMILES string of the molecule is COc1ccc2c(Cn3cnc(C#N)n3)cc(=O)oc2c1. The fraction of sp³-hybridized carbons (Fsp3) is 0.143. The van der Waals surface area contributed by atoms with E-state index in [1.165, 1.54) is 17.1 Å². The highest BCUT2D eigenvalue weighted by Gasteiger charge is 2.09. The van der Waals surface area contributed by atoms with Crippen molar-refractivity contribution in [2.45, 2.75) is 6.54 Å². The van der Waals surface area contributed by atoms with Crippen molar-refractivity contribution in [3.05, 3.63) is 52.4 Å². The van der Waals surface area contributed by atoms with Gasteiger partial charge in [-0.15, -0.1) is 5.10 Å². The van der Waals surface area contributed by atoms with Gasteiger partial charge in [-0.3, -0.25) is 0 Å². The maximum absolute atomic E-state index is 11.7. The summed E-state index contributed by atoms with van der Waals surface area (Å²) in [6.07, 6.45) is 1.45. The molecule has 3 rings (SSSR count). The van der Waals surface area contributed by atoms with Crippen molar-refractivity contribution < 1.29 is 9.15 Å². The first kappa shape index (κ1) is 12.9. The Labute approximate surface area is 119 Å². The Morgan fingerprint density at radius 3 is 3.00 bits per heavy atom. The average Bonchev–Trinajstić information content (AvgIpc) is 2.94. The highest BCUT2D eigenvalue weighted by molar-refractivity contribution is 5.81. The molecule has 2 aromatic heterocycles. The highest BCUT2D eigenvalue weighted by Crippen LogP contribution is 2.22. The zero-order valence-corrected chi connectivity index (χ0v) is 11.1. The van der Waals surface area contributed by atoms with E-state index in [2.05, 4.69) is 10.1 Å². The number of benzene rings is 1. The molecule has 1 aromatic carbocycles. The van der Waals surface area contributed by atoms with Gasteiger partial charge in [-0.05, 0) is 17.7 Å². The fourth-order valence-corrected chi connectivity index (χ4v) is 2.06. The molecular weight excluding hydrogens is 272 g/mol. The van der Waals surface area contributed by atoms with Crippen molar-refractivity contribution in [3.63, 3.8) is 0 Å². The van der Waals surface area contributed by atoms with Crippen molar-refractivity contribution in [1.29, 1.82) is 5.26 Å². The Balaban J connectivity index is 2.09. The largest absolute Gasteiger partial charge is 0.497 e. The normalized spacial score (nSPS) is 10.5. The third-order valence-electron chi connectivity index (χ3n) is 3.01. The molecule has 0 fully saturated rings. The van der Waals surface area contributed by atoms with Crippen LogP contribution >= 0.6 is 0 Å². The van der Waals surface area contributed by atoms with Gasteiger partial charge in [0.1, 0.15) is 23.7 Å². The third kappa shape index (κ3) is 2.47. The van der Waals surface area contributed by atoms with Gasteiger partial charge in [-0.1, -0.05) is 0 Å². The number of hydrogen-bond donors (Lipinski definition) is 0. The number of aromatic nitrogens is 3. The Morgan fingerprint density at radius 2 is 2.29 bits per heavy atom. The summed E-state index contributed by atoms with van der Waals surface area (Å²) < 4.78 is 11.8. The molecule has 0 unspecified atom stereocenters. The molecule has 0 aliphatic heterocycles. The Hall–Kier alpha value is -3.14. The highest BCUT2D eigenvalue weighted by atomic mass is 16.5. The smallest absolute Gasteiger partial charge is 0.336 e. The standard InChI is InChI=1S/C14H10N4O3/c1-20-10-2-3-11-9(4-14(19)21-12(11)5-10)7-18-8-16-13(6-15)17-18/h2-5,8H,7H2,1H3. The molecule has 7 heteroatoms. The summed E-state index contributed by atoms with van der Waals surface area (Å²) in [5.74, 6) is 0.694. The van der Waals surface area contributed by atoms with Gasteiger partial charge in [0.15, 0.2) is 0 Å². The van der Waals surface area contributed by atoms with Gasteiger partial charge in [0.2, 0.25) is 0 Å². The summed E-state index contributed by atoms with van der Waals surface area (Å²) in [6, 6.07) is 8.52. The number of fused-ring (bicyclic) bond motifs is 1. The molecule has 0 N–H and O–H groups in total. The van der Waals surface area contributed by atoms with Gasteiger partial charge in [-0.25, -0.2) is 14.5 Å². The summed E-state index contributed by atoms with van der Waals surface area (Å²) in [6.45, 7) is 0.323. The Morgan fingerprint density at radius 1 is 1.43 bits per heavy atom. The van der Waals surface area contributed by atoms with Crippen LogP contribution in [0.15, 0.2) is 39.8 Å². The number of methoxy groups -OCH3 is 1. The predicted octanol–water partition coefficient (Wildman–Crippen LogP) is 1.31. The quantitative estimate of drug-likeness (QED) is 0.672. The molecule has 0 amide bonds. The third-order valence-corrected chi connectivity index (χ3v) is 3.01. The molecule has 0 spiro atoms. The van der Waals surface area contributed by atoms with Crippen LogP contribution < -0.4 is 10.4 Å². The van der Waals surface area contributed by atoms with Crippen molar-refractivity contribution in [2.24, 2.45) is 0 Å². The van der Waals surface area contributed by atoms with Crippen molar-refractivity contribution in [1.82, 2.24) is 14.8 Å². The van der Waals surface area contributed by atoms with Crippen LogP contribution in [0.4, 0.5) is 0 Å². The second-order valence-corrected chi connectivity index (χ2v) is 4.33. The molecule has 0 radical (unpaired) electrons. The lowest BCUT2D eigenvalue weighted by atomic mass is 10.1. The van der Waals surface area contributed by atoms with Gasteiger partial charge in [0.25, 0.3) is 5.82 Å². The maximum Gasteiger partial charge on any atom is 0.336 e. The van der Waals surface area contributed by atoms with Crippen LogP contribution in [-0.4, -0.2) is 21.9 Å². The number of nitrogens with zero attached hydrogens (tertiary/aromatic N) is 4. The predicted molar refractivity (Wildman–Crippen MR) is 72.9 cm³/mol. The van der Waals surface area contributed by atoms with Crippen molar-refractivity contribution >= 4 is 11.0 Å². The first-order chi connectivity index (χ1) is 10.2. The van der Waals surface area contributed by atoms with E-state index in [-0.39, 0.29) is 5.82 Å². The molecule has 0 bridgehead atoms. The molecule has 0 aliphatic rings. The van der Waals surface area contributed by atoms with E-state index in [0.717, 1.165) is 10.9 Å². The zero-order valence-electron chi connectivity index (χ0n) is 11.1. The Kier molecular flexibility index (Phi) is 3.12. The lowest BCUT2D eigenvalue weighted by molar-refractivity contribution is 0.414. The van der Waals surface area contributed by atoms with Crippen molar-refractivity contribution in [2.75, 3.05) is 7.11 Å². The van der Waals surface area contributed by atoms with Gasteiger partial charge in [0.05, 0.1) is 13.7 Å². The van der Waals surface area contributed by atoms with Gasteiger partial charge in [0, 0.05) is 17.5 Å². The summed E-state index contributed by atoms with van der Waals surface area (Å²) in [5.41, 5.74) is 0.724. The zero-order chi connectivity index (χ0) is 14.8. The number of rotatable bonds is 3. The molecule has 21 heavy (non-hydrogen) atoms. The molecule has 0 aliphatic carbocycles. The number of ether oxygens (including phenoxy) is 1. The van der Waals surface area contributed by atoms with Crippen LogP contribution in [0.2, 0.25) is 0 Å². The van der Waals surface area contributed by atoms with E-state index in [0.29, 0.717) is 17.9 Å². The van der Waals surface area contributed by atoms with E-state index in [4.69, 9.17) is 14.4 Å². The van der Waals surface area contributed by atoms with Crippen LogP contribution in [0.1, 0.15) is 11.4 Å². The first-order valence-electron chi connectivity index (χ1n) is 6.10. The van der Waals surface area contributed by atoms with E-state index in [1.54, 1.807) is 19.2 Å². The lowest BCUT2D eigenvalue weighted by Crippen LogP contribution is -2.06. The first-order valence-corrected chi connectivity index (χ1v) is 6.10. The number of nitriles is 1. The molecule has 0 saturated carbocycles. The van der Waals surface area contributed by atoms with E-state index in [9.17, 15) is 4.79 Å². The summed E-state index contributed by atoms with van der Waals surface area (Å²) in [4.78, 5) is 15.5. The maximum atomic E-state index is 11.7. The number of hydrogen-bond acceptors (Lipinski definition) is 6. The van der Waals surface area contributed by atoms with Crippen LogP contribution in [-0.2, 0) is 6.54 Å². The topological polar surface area (TPSA) is 93.9 Å². The van der Waals surface area contributed by atoms with Gasteiger partial charge >= 0.3 is 5.63 Å². The van der Waals surface area contributed by atoms with Gasteiger partial charge < -0.3 is 9.15 Å². The molecule has 0 saturated heterocycles. The molecule has 2 heterocycles. The monoisotopic (exact) mass is 282 g/mol. The average molecular weight is 282 g/mol. The van der Waals surface area contributed by atoms with Gasteiger partial charge in [-0.2, -0.15) is 5.26 Å². The van der Waals surface area contributed by atoms with Crippen LogP contribution in [0, 0.1) is 11.3 Å². The van der Waals surface area contributed by atoms with Crippen LogP contribution in [0.25, 0.3) is 11.0 Å². The minimum atomic E-state index is -0.452. The van der Waals surface area contributed by atoms with E-state index < -0.39 is 5.63 Å². The second-order valence-electron chi connectivity index (χ2n) is 4.33. The van der Waals surface area contributed by atoms with Crippen LogP contribution in [0.5, 0.6) is 5.75 Å². The summed E-state index contributed by atoms with van der Waals surface area (Å²) >= 11 is 0. The molecule has 104 valence electrons. The van der Waals surface area contributed by atoms with Crippen molar-refractivity contribution in [3.8, 4) is 11.8 Å². The summed E-state index contributed by atoms with van der Waals surface area (Å²) in [5, 5.41) is 13.5. The second kappa shape index (κ2) is 5.09.